The third kappa shape index (κ3) is 7.58. The maximum Gasteiger partial charge on any atom is 0.262 e. The van der Waals surface area contributed by atoms with Crippen LogP contribution in [0.4, 0.5) is 0 Å². The smallest absolute Gasteiger partial charge is 0.262 e. The molecule has 0 aliphatic rings. The largest absolute Gasteiger partial charge is 0.494 e. The number of hydrogen-bond acceptors (Lipinski definition) is 4. The fourth-order valence-electron chi connectivity index (χ4n) is 2.61. The van der Waals surface area contributed by atoms with Crippen LogP contribution in [0.2, 0.25) is 5.02 Å². The summed E-state index contributed by atoms with van der Waals surface area (Å²) in [6, 6.07) is 13.2. The fourth-order valence-corrected chi connectivity index (χ4v) is 2.74. The van der Waals surface area contributed by atoms with Crippen molar-refractivity contribution in [1.29, 1.82) is 0 Å². The van der Waals surface area contributed by atoms with Crippen molar-refractivity contribution in [1.82, 2.24) is 10.7 Å². The summed E-state index contributed by atoms with van der Waals surface area (Å²) < 4.78 is 5.39. The molecule has 0 heterocycles. The molecule has 0 bridgehead atoms. The van der Waals surface area contributed by atoms with Crippen LogP contribution in [-0.2, 0) is 4.79 Å². The molecule has 0 spiro atoms. The number of rotatable bonds is 9. The number of hydrogen-bond donors (Lipinski definition) is 2. The second-order valence-electron chi connectivity index (χ2n) is 6.90. The first-order valence-corrected chi connectivity index (χ1v) is 9.89. The van der Waals surface area contributed by atoms with Gasteiger partial charge in [-0.2, -0.15) is 5.10 Å². The average Bonchev–Trinajstić information content (AvgIpc) is 2.69. The van der Waals surface area contributed by atoms with E-state index in [0.717, 1.165) is 11.3 Å². The normalized spacial score (nSPS) is 12.0. The van der Waals surface area contributed by atoms with E-state index in [9.17, 15) is 9.59 Å². The van der Waals surface area contributed by atoms with Gasteiger partial charge in [0.1, 0.15) is 11.8 Å². The van der Waals surface area contributed by atoms with E-state index in [1.54, 1.807) is 30.5 Å². The van der Waals surface area contributed by atoms with Crippen molar-refractivity contribution in [3.63, 3.8) is 0 Å². The summed E-state index contributed by atoms with van der Waals surface area (Å²) in [4.78, 5) is 25.0. The maximum absolute atomic E-state index is 12.5. The molecule has 0 saturated heterocycles. The number of hydrazone groups is 1. The summed E-state index contributed by atoms with van der Waals surface area (Å²) in [7, 11) is 0. The molecular weight excluding hydrogens is 390 g/mol. The molecular formula is C22H26ClN3O3. The van der Waals surface area contributed by atoms with Crippen molar-refractivity contribution in [2.24, 2.45) is 11.0 Å². The Hall–Kier alpha value is -2.86. The van der Waals surface area contributed by atoms with Gasteiger partial charge in [-0.25, -0.2) is 5.43 Å². The van der Waals surface area contributed by atoms with Crippen LogP contribution in [0.1, 0.15) is 43.1 Å². The molecule has 0 aliphatic carbocycles. The number of nitrogens with zero attached hydrogens (tertiary/aromatic N) is 1. The summed E-state index contributed by atoms with van der Waals surface area (Å²) in [6.07, 6.45) is 2.03. The predicted octanol–water partition coefficient (Wildman–Crippen LogP) is 4.03. The van der Waals surface area contributed by atoms with E-state index in [-0.39, 0.29) is 17.7 Å². The maximum atomic E-state index is 12.5. The first kappa shape index (κ1) is 22.4. The summed E-state index contributed by atoms with van der Waals surface area (Å²) in [5, 5.41) is 7.32. The Labute approximate surface area is 176 Å². The average molecular weight is 416 g/mol. The third-order valence-corrected chi connectivity index (χ3v) is 4.27. The molecule has 2 amide bonds. The standard InChI is InChI=1S/C22H26ClN3O3/c1-4-29-19-11-5-16(6-12-19)14-24-26-22(28)20(13-15(2)3)25-21(27)17-7-9-18(23)10-8-17/h5-12,14-15,20H,4,13H2,1-3H3,(H,25,27)(H,26,28). The molecule has 29 heavy (non-hydrogen) atoms. The van der Waals surface area contributed by atoms with E-state index in [1.807, 2.05) is 45.0 Å². The molecule has 2 aromatic rings. The molecule has 2 N–H and O–H groups in total. The quantitative estimate of drug-likeness (QED) is 0.479. The number of halogens is 1. The first-order chi connectivity index (χ1) is 13.9. The zero-order chi connectivity index (χ0) is 21.2. The van der Waals surface area contributed by atoms with E-state index < -0.39 is 6.04 Å². The lowest BCUT2D eigenvalue weighted by molar-refractivity contribution is -0.123. The van der Waals surface area contributed by atoms with Crippen LogP contribution in [0, 0.1) is 5.92 Å². The lowest BCUT2D eigenvalue weighted by atomic mass is 10.0. The molecule has 2 aromatic carbocycles. The molecule has 0 radical (unpaired) electrons. The van der Waals surface area contributed by atoms with Gasteiger partial charge >= 0.3 is 0 Å². The highest BCUT2D eigenvalue weighted by Gasteiger charge is 2.22. The highest BCUT2D eigenvalue weighted by atomic mass is 35.5. The summed E-state index contributed by atoms with van der Waals surface area (Å²) in [5.74, 6) is 0.281. The van der Waals surface area contributed by atoms with Crippen molar-refractivity contribution >= 4 is 29.6 Å². The molecule has 0 aliphatic heterocycles. The van der Waals surface area contributed by atoms with Crippen LogP contribution in [0.5, 0.6) is 5.75 Å². The number of amides is 2. The topological polar surface area (TPSA) is 79.8 Å². The molecule has 0 fully saturated rings. The van der Waals surface area contributed by atoms with E-state index in [2.05, 4.69) is 15.8 Å². The van der Waals surface area contributed by atoms with Crippen molar-refractivity contribution in [3.8, 4) is 5.75 Å². The first-order valence-electron chi connectivity index (χ1n) is 9.51. The summed E-state index contributed by atoms with van der Waals surface area (Å²) in [5.41, 5.74) is 3.76. The Morgan fingerprint density at radius 3 is 2.34 bits per heavy atom. The van der Waals surface area contributed by atoms with E-state index in [4.69, 9.17) is 16.3 Å². The van der Waals surface area contributed by atoms with Gasteiger partial charge in [0.2, 0.25) is 0 Å². The summed E-state index contributed by atoms with van der Waals surface area (Å²) >= 11 is 5.85. The van der Waals surface area contributed by atoms with Crippen molar-refractivity contribution in [2.75, 3.05) is 6.61 Å². The van der Waals surface area contributed by atoms with Crippen LogP contribution >= 0.6 is 11.6 Å². The van der Waals surface area contributed by atoms with Gasteiger partial charge in [0.05, 0.1) is 12.8 Å². The lowest BCUT2D eigenvalue weighted by Crippen LogP contribution is -2.46. The van der Waals surface area contributed by atoms with Crippen molar-refractivity contribution in [3.05, 3.63) is 64.7 Å². The SMILES string of the molecule is CCOc1ccc(C=NNC(=O)C(CC(C)C)NC(=O)c2ccc(Cl)cc2)cc1. The van der Waals surface area contributed by atoms with Crippen LogP contribution in [0.25, 0.3) is 0 Å². The molecule has 6 nitrogen and oxygen atoms in total. The minimum absolute atomic E-state index is 0.214. The number of ether oxygens (including phenoxy) is 1. The van der Waals surface area contributed by atoms with E-state index in [0.29, 0.717) is 23.6 Å². The predicted molar refractivity (Wildman–Crippen MR) is 116 cm³/mol. The Bertz CT molecular complexity index is 833. The van der Waals surface area contributed by atoms with Gasteiger partial charge < -0.3 is 10.1 Å². The fraction of sp³-hybridized carbons (Fsp3) is 0.318. The van der Waals surface area contributed by atoms with Gasteiger partial charge in [0.25, 0.3) is 11.8 Å². The molecule has 1 unspecified atom stereocenters. The van der Waals surface area contributed by atoms with Crippen molar-refractivity contribution < 1.29 is 14.3 Å². The van der Waals surface area contributed by atoms with E-state index >= 15 is 0 Å². The number of benzene rings is 2. The van der Waals surface area contributed by atoms with Gasteiger partial charge in [0.15, 0.2) is 0 Å². The Morgan fingerprint density at radius 1 is 1.10 bits per heavy atom. The van der Waals surface area contributed by atoms with E-state index in [1.165, 1.54) is 0 Å². The van der Waals surface area contributed by atoms with Gasteiger partial charge in [-0.15, -0.1) is 0 Å². The Morgan fingerprint density at radius 2 is 1.76 bits per heavy atom. The molecule has 154 valence electrons. The molecule has 1 atom stereocenters. The van der Waals surface area contributed by atoms with Gasteiger partial charge in [-0.1, -0.05) is 25.4 Å². The van der Waals surface area contributed by atoms with Crippen LogP contribution < -0.4 is 15.5 Å². The minimum atomic E-state index is -0.698. The highest BCUT2D eigenvalue weighted by Crippen LogP contribution is 2.12. The number of carbonyl (C=O) groups is 2. The van der Waals surface area contributed by atoms with Crippen LogP contribution in [-0.4, -0.2) is 30.7 Å². The van der Waals surface area contributed by atoms with Gasteiger partial charge in [0, 0.05) is 10.6 Å². The highest BCUT2D eigenvalue weighted by molar-refractivity contribution is 6.30. The second kappa shape index (κ2) is 11.2. The minimum Gasteiger partial charge on any atom is -0.494 e. The Balaban J connectivity index is 1.98. The van der Waals surface area contributed by atoms with Gasteiger partial charge in [-0.05, 0) is 73.4 Å². The zero-order valence-electron chi connectivity index (χ0n) is 16.8. The molecule has 2 rings (SSSR count). The zero-order valence-corrected chi connectivity index (χ0v) is 17.6. The molecule has 0 saturated carbocycles. The third-order valence-electron chi connectivity index (χ3n) is 4.01. The summed E-state index contributed by atoms with van der Waals surface area (Å²) in [6.45, 7) is 6.49. The second-order valence-corrected chi connectivity index (χ2v) is 7.34. The molecule has 7 heteroatoms. The Kier molecular flexibility index (Phi) is 8.68. The van der Waals surface area contributed by atoms with Crippen molar-refractivity contribution in [2.45, 2.75) is 33.2 Å². The monoisotopic (exact) mass is 415 g/mol. The van der Waals surface area contributed by atoms with Crippen LogP contribution in [0.3, 0.4) is 0 Å². The van der Waals surface area contributed by atoms with Crippen LogP contribution in [0.15, 0.2) is 53.6 Å². The molecule has 0 aromatic heterocycles. The number of carbonyl (C=O) groups excluding carboxylic acids is 2. The van der Waals surface area contributed by atoms with Gasteiger partial charge in [-0.3, -0.25) is 9.59 Å². The number of nitrogens with one attached hydrogen (secondary N) is 2. The lowest BCUT2D eigenvalue weighted by Gasteiger charge is -2.19.